The molecule has 1 saturated heterocycles. The Hall–Kier alpha value is -1.56. The first-order valence-corrected chi connectivity index (χ1v) is 6.77. The molecular formula is C15H18F3NO2. The van der Waals surface area contributed by atoms with Gasteiger partial charge in [-0.3, -0.25) is 9.69 Å². The first kappa shape index (κ1) is 15.8. The van der Waals surface area contributed by atoms with Gasteiger partial charge in [-0.1, -0.05) is 18.2 Å². The zero-order valence-corrected chi connectivity index (χ0v) is 11.9. The van der Waals surface area contributed by atoms with E-state index in [4.69, 9.17) is 5.11 Å². The average molecular weight is 301 g/mol. The number of hydrogen-bond donors (Lipinski definition) is 1. The highest BCUT2D eigenvalue weighted by molar-refractivity contribution is 5.71. The highest BCUT2D eigenvalue weighted by atomic mass is 19.4. The van der Waals surface area contributed by atoms with Gasteiger partial charge in [0.25, 0.3) is 0 Å². The Morgan fingerprint density at radius 2 is 1.86 bits per heavy atom. The van der Waals surface area contributed by atoms with Crippen molar-refractivity contribution >= 4 is 5.97 Å². The number of carboxylic acids is 1. The molecule has 1 fully saturated rings. The van der Waals surface area contributed by atoms with Gasteiger partial charge in [-0.25, -0.2) is 0 Å². The first-order valence-electron chi connectivity index (χ1n) is 6.77. The van der Waals surface area contributed by atoms with Crippen LogP contribution in [0, 0.1) is 25.7 Å². The van der Waals surface area contributed by atoms with Gasteiger partial charge in [0, 0.05) is 19.6 Å². The van der Waals surface area contributed by atoms with Crippen LogP contribution in [0.15, 0.2) is 18.2 Å². The Morgan fingerprint density at radius 3 is 2.29 bits per heavy atom. The predicted octanol–water partition coefficient (Wildman–Crippen LogP) is 3.00. The van der Waals surface area contributed by atoms with Crippen molar-refractivity contribution in [2.45, 2.75) is 26.6 Å². The number of nitrogens with zero attached hydrogens (tertiary/aromatic N) is 1. The fourth-order valence-corrected chi connectivity index (χ4v) is 2.92. The smallest absolute Gasteiger partial charge is 0.393 e. The molecule has 1 heterocycles. The summed E-state index contributed by atoms with van der Waals surface area (Å²) < 4.78 is 38.9. The van der Waals surface area contributed by atoms with E-state index in [1.54, 1.807) is 4.90 Å². The number of aryl methyl sites for hydroxylation is 2. The maximum absolute atomic E-state index is 13.0. The van der Waals surface area contributed by atoms with Crippen LogP contribution in [0.1, 0.15) is 16.7 Å². The highest BCUT2D eigenvalue weighted by Crippen LogP contribution is 2.38. The average Bonchev–Trinajstić information content (AvgIpc) is 2.78. The van der Waals surface area contributed by atoms with Crippen LogP contribution in [0.5, 0.6) is 0 Å². The van der Waals surface area contributed by atoms with Crippen LogP contribution in [0.25, 0.3) is 0 Å². The maximum atomic E-state index is 13.0. The molecule has 1 N–H and O–H groups in total. The van der Waals surface area contributed by atoms with E-state index in [1.165, 1.54) is 0 Å². The summed E-state index contributed by atoms with van der Waals surface area (Å²) in [4.78, 5) is 12.7. The molecule has 0 saturated carbocycles. The van der Waals surface area contributed by atoms with Crippen molar-refractivity contribution in [3.05, 3.63) is 34.9 Å². The standard InChI is InChI=1S/C15H18F3NO2/c1-9-4-3-5-10(2)11(9)6-19-7-12(14(20)21)13(8-19)15(16,17)18/h3-5,12-13H,6-8H2,1-2H3,(H,20,21)/t12-,13-/m1/s1. The van der Waals surface area contributed by atoms with Gasteiger partial charge in [-0.15, -0.1) is 0 Å². The third kappa shape index (κ3) is 3.37. The summed E-state index contributed by atoms with van der Waals surface area (Å²) in [5.41, 5.74) is 3.00. The van der Waals surface area contributed by atoms with Gasteiger partial charge in [-0.2, -0.15) is 13.2 Å². The van der Waals surface area contributed by atoms with Crippen LogP contribution in [-0.4, -0.2) is 35.2 Å². The maximum Gasteiger partial charge on any atom is 0.393 e. The van der Waals surface area contributed by atoms with Gasteiger partial charge in [0.1, 0.15) is 0 Å². The second-order valence-electron chi connectivity index (χ2n) is 5.66. The van der Waals surface area contributed by atoms with Gasteiger partial charge in [0.2, 0.25) is 0 Å². The molecular weight excluding hydrogens is 283 g/mol. The summed E-state index contributed by atoms with van der Waals surface area (Å²) in [6.07, 6.45) is -4.47. The van der Waals surface area contributed by atoms with Crippen molar-refractivity contribution in [2.75, 3.05) is 13.1 Å². The number of carbonyl (C=O) groups is 1. The van der Waals surface area contributed by atoms with Crippen LogP contribution in [0.4, 0.5) is 13.2 Å². The number of carboxylic acid groups (broad SMARTS) is 1. The molecule has 1 aromatic rings. The molecule has 0 bridgehead atoms. The van der Waals surface area contributed by atoms with E-state index in [0.717, 1.165) is 16.7 Å². The molecule has 116 valence electrons. The number of halogens is 3. The lowest BCUT2D eigenvalue weighted by atomic mass is 9.96. The predicted molar refractivity (Wildman–Crippen MR) is 71.9 cm³/mol. The third-order valence-corrected chi connectivity index (χ3v) is 4.16. The molecule has 3 nitrogen and oxygen atoms in total. The normalized spacial score (nSPS) is 23.5. The minimum atomic E-state index is -4.47. The Morgan fingerprint density at radius 1 is 1.29 bits per heavy atom. The van der Waals surface area contributed by atoms with E-state index in [0.29, 0.717) is 6.54 Å². The number of aliphatic carboxylic acids is 1. The second kappa shape index (κ2) is 5.67. The quantitative estimate of drug-likeness (QED) is 0.933. The number of rotatable bonds is 3. The van der Waals surface area contributed by atoms with Gasteiger partial charge in [-0.05, 0) is 30.5 Å². The van der Waals surface area contributed by atoms with Crippen molar-refractivity contribution in [1.82, 2.24) is 4.90 Å². The third-order valence-electron chi connectivity index (χ3n) is 4.16. The summed E-state index contributed by atoms with van der Waals surface area (Å²) in [6.45, 7) is 3.86. The topological polar surface area (TPSA) is 40.5 Å². The van der Waals surface area contributed by atoms with Crippen LogP contribution in [-0.2, 0) is 11.3 Å². The molecule has 0 aliphatic carbocycles. The monoisotopic (exact) mass is 301 g/mol. The largest absolute Gasteiger partial charge is 0.481 e. The first-order chi connectivity index (χ1) is 9.70. The fraction of sp³-hybridized carbons (Fsp3) is 0.533. The summed E-state index contributed by atoms with van der Waals surface area (Å²) in [6, 6.07) is 5.72. The zero-order chi connectivity index (χ0) is 15.8. The van der Waals surface area contributed by atoms with Gasteiger partial charge < -0.3 is 5.11 Å². The Balaban J connectivity index is 2.18. The molecule has 2 atom stereocenters. The Kier molecular flexibility index (Phi) is 4.27. The van der Waals surface area contributed by atoms with Crippen LogP contribution < -0.4 is 0 Å². The zero-order valence-electron chi connectivity index (χ0n) is 11.9. The lowest BCUT2D eigenvalue weighted by Gasteiger charge is -2.20. The van der Waals surface area contributed by atoms with Crippen LogP contribution in [0.3, 0.4) is 0 Å². The molecule has 0 amide bonds. The van der Waals surface area contributed by atoms with Crippen molar-refractivity contribution in [3.8, 4) is 0 Å². The lowest BCUT2D eigenvalue weighted by molar-refractivity contribution is -0.188. The summed E-state index contributed by atoms with van der Waals surface area (Å²) in [5.74, 6) is -4.55. The summed E-state index contributed by atoms with van der Waals surface area (Å²) in [5, 5.41) is 9.01. The van der Waals surface area contributed by atoms with E-state index in [1.807, 2.05) is 32.0 Å². The van der Waals surface area contributed by atoms with Crippen LogP contribution >= 0.6 is 0 Å². The highest BCUT2D eigenvalue weighted by Gasteiger charge is 2.52. The van der Waals surface area contributed by atoms with E-state index < -0.39 is 24.0 Å². The molecule has 0 unspecified atom stereocenters. The number of likely N-dealkylation sites (tertiary alicyclic amines) is 1. The molecule has 0 spiro atoms. The molecule has 6 heteroatoms. The van der Waals surface area contributed by atoms with E-state index in [2.05, 4.69) is 0 Å². The van der Waals surface area contributed by atoms with Gasteiger partial charge in [0.15, 0.2) is 0 Å². The molecule has 2 rings (SSSR count). The number of alkyl halides is 3. The lowest BCUT2D eigenvalue weighted by Crippen LogP contribution is -2.33. The molecule has 0 radical (unpaired) electrons. The molecule has 0 aromatic heterocycles. The number of benzene rings is 1. The van der Waals surface area contributed by atoms with Crippen LogP contribution in [0.2, 0.25) is 0 Å². The summed E-state index contributed by atoms with van der Waals surface area (Å²) >= 11 is 0. The summed E-state index contributed by atoms with van der Waals surface area (Å²) in [7, 11) is 0. The van der Waals surface area contributed by atoms with Gasteiger partial charge in [0.05, 0.1) is 11.8 Å². The van der Waals surface area contributed by atoms with Gasteiger partial charge >= 0.3 is 12.1 Å². The Labute approximate surface area is 121 Å². The molecule has 1 aliphatic rings. The Bertz CT molecular complexity index is 522. The van der Waals surface area contributed by atoms with Crippen molar-refractivity contribution in [1.29, 1.82) is 0 Å². The van der Waals surface area contributed by atoms with Crippen molar-refractivity contribution < 1.29 is 23.1 Å². The molecule has 21 heavy (non-hydrogen) atoms. The minimum Gasteiger partial charge on any atom is -0.481 e. The molecule has 1 aliphatic heterocycles. The minimum absolute atomic E-state index is 0.0622. The van der Waals surface area contributed by atoms with Crippen molar-refractivity contribution in [3.63, 3.8) is 0 Å². The molecule has 1 aromatic carbocycles. The SMILES string of the molecule is Cc1cccc(C)c1CN1C[C@@H](C(F)(F)F)[C@H](C(=O)O)C1. The van der Waals surface area contributed by atoms with Crippen molar-refractivity contribution in [2.24, 2.45) is 11.8 Å². The number of hydrogen-bond acceptors (Lipinski definition) is 2. The van der Waals surface area contributed by atoms with E-state index in [9.17, 15) is 18.0 Å². The van der Waals surface area contributed by atoms with E-state index >= 15 is 0 Å². The second-order valence-corrected chi connectivity index (χ2v) is 5.66. The van der Waals surface area contributed by atoms with E-state index in [-0.39, 0.29) is 13.1 Å². The fourth-order valence-electron chi connectivity index (χ4n) is 2.92.